The molecule has 0 aliphatic heterocycles. The van der Waals surface area contributed by atoms with Crippen LogP contribution in [-0.4, -0.2) is 9.97 Å². The van der Waals surface area contributed by atoms with Gasteiger partial charge in [-0.25, -0.2) is 14.4 Å². The van der Waals surface area contributed by atoms with E-state index in [-0.39, 0.29) is 5.82 Å². The van der Waals surface area contributed by atoms with E-state index < -0.39 is 0 Å². The van der Waals surface area contributed by atoms with E-state index in [0.717, 1.165) is 27.9 Å². The number of hydrogen-bond donors (Lipinski definition) is 0. The predicted octanol–water partition coefficient (Wildman–Crippen LogP) is 5.10. The summed E-state index contributed by atoms with van der Waals surface area (Å²) in [4.78, 5) is 9.50. The Kier molecular flexibility index (Phi) is 3.31. The van der Waals surface area contributed by atoms with E-state index in [1.54, 1.807) is 6.07 Å². The molecule has 0 bridgehead atoms. The van der Waals surface area contributed by atoms with Crippen molar-refractivity contribution >= 4 is 11.0 Å². The molecule has 4 aromatic rings. The minimum absolute atomic E-state index is 0.281. The molecule has 0 amide bonds. The molecule has 2 nitrogen and oxygen atoms in total. The Morgan fingerprint density at radius 2 is 1.13 bits per heavy atom. The fourth-order valence-electron chi connectivity index (χ4n) is 2.63. The van der Waals surface area contributed by atoms with Gasteiger partial charge in [0.2, 0.25) is 0 Å². The molecule has 0 saturated heterocycles. The fraction of sp³-hybridized carbons (Fsp3) is 0. The predicted molar refractivity (Wildman–Crippen MR) is 90.4 cm³/mol. The van der Waals surface area contributed by atoms with Gasteiger partial charge in [0.05, 0.1) is 22.4 Å². The van der Waals surface area contributed by atoms with Crippen LogP contribution in [0, 0.1) is 5.82 Å². The number of halogens is 1. The molecule has 3 heteroatoms. The lowest BCUT2D eigenvalue weighted by atomic mass is 10.0. The van der Waals surface area contributed by atoms with Crippen LogP contribution in [0.2, 0.25) is 0 Å². The lowest BCUT2D eigenvalue weighted by Crippen LogP contribution is -1.95. The average Bonchev–Trinajstić information content (AvgIpc) is 2.61. The van der Waals surface area contributed by atoms with E-state index in [2.05, 4.69) is 0 Å². The van der Waals surface area contributed by atoms with Crippen molar-refractivity contribution in [3.63, 3.8) is 0 Å². The lowest BCUT2D eigenvalue weighted by molar-refractivity contribution is 0.628. The van der Waals surface area contributed by atoms with Gasteiger partial charge in [-0.05, 0) is 24.3 Å². The minimum Gasteiger partial charge on any atom is -0.244 e. The Morgan fingerprint density at radius 3 is 1.78 bits per heavy atom. The lowest BCUT2D eigenvalue weighted by Gasteiger charge is -2.10. The summed E-state index contributed by atoms with van der Waals surface area (Å²) >= 11 is 0. The Labute approximate surface area is 133 Å². The first-order chi connectivity index (χ1) is 11.3. The first kappa shape index (κ1) is 13.6. The summed E-state index contributed by atoms with van der Waals surface area (Å²) in [6.45, 7) is 0. The summed E-state index contributed by atoms with van der Waals surface area (Å²) in [6.07, 6.45) is 0. The van der Waals surface area contributed by atoms with E-state index in [0.29, 0.717) is 5.69 Å². The van der Waals surface area contributed by atoms with Gasteiger partial charge >= 0.3 is 0 Å². The quantitative estimate of drug-likeness (QED) is 0.514. The molecule has 1 heterocycles. The molecule has 0 saturated carbocycles. The number of rotatable bonds is 2. The standard InChI is InChI=1S/C20H13FN2/c21-16-10-6-9-15(13-16)20-19(14-7-2-1-3-8-14)22-17-11-4-5-12-18(17)23-20/h1-13H. The second kappa shape index (κ2) is 5.61. The molecule has 4 rings (SSSR count). The Hall–Kier alpha value is -3.07. The van der Waals surface area contributed by atoms with Crippen LogP contribution in [-0.2, 0) is 0 Å². The third kappa shape index (κ3) is 2.57. The van der Waals surface area contributed by atoms with Gasteiger partial charge in [0, 0.05) is 11.1 Å². The first-order valence-corrected chi connectivity index (χ1v) is 7.39. The van der Waals surface area contributed by atoms with Crippen LogP contribution in [0.3, 0.4) is 0 Å². The van der Waals surface area contributed by atoms with Crippen molar-refractivity contribution in [3.05, 3.63) is 84.7 Å². The van der Waals surface area contributed by atoms with E-state index >= 15 is 0 Å². The molecular weight excluding hydrogens is 287 g/mol. The molecule has 1 aromatic heterocycles. The summed E-state index contributed by atoms with van der Waals surface area (Å²) in [7, 11) is 0. The molecule has 0 aliphatic rings. The van der Waals surface area contributed by atoms with Gasteiger partial charge in [-0.2, -0.15) is 0 Å². The Bertz CT molecular complexity index is 981. The highest BCUT2D eigenvalue weighted by molar-refractivity contribution is 5.86. The van der Waals surface area contributed by atoms with Crippen LogP contribution in [0.15, 0.2) is 78.9 Å². The van der Waals surface area contributed by atoms with Crippen molar-refractivity contribution in [2.45, 2.75) is 0 Å². The van der Waals surface area contributed by atoms with Crippen molar-refractivity contribution in [1.29, 1.82) is 0 Å². The van der Waals surface area contributed by atoms with Gasteiger partial charge in [0.1, 0.15) is 5.82 Å². The molecule has 0 fully saturated rings. The molecular formula is C20H13FN2. The Morgan fingerprint density at radius 1 is 0.565 bits per heavy atom. The van der Waals surface area contributed by atoms with Crippen molar-refractivity contribution in [2.24, 2.45) is 0 Å². The van der Waals surface area contributed by atoms with Gasteiger partial charge in [0.15, 0.2) is 0 Å². The topological polar surface area (TPSA) is 25.8 Å². The molecule has 23 heavy (non-hydrogen) atoms. The highest BCUT2D eigenvalue weighted by Gasteiger charge is 2.13. The van der Waals surface area contributed by atoms with E-state index in [9.17, 15) is 4.39 Å². The summed E-state index contributed by atoms with van der Waals surface area (Å²) < 4.78 is 13.7. The van der Waals surface area contributed by atoms with Crippen LogP contribution < -0.4 is 0 Å². The van der Waals surface area contributed by atoms with Crippen LogP contribution in [0.5, 0.6) is 0 Å². The van der Waals surface area contributed by atoms with Crippen molar-refractivity contribution in [3.8, 4) is 22.5 Å². The SMILES string of the molecule is Fc1cccc(-c2nc3ccccc3nc2-c2ccccc2)c1. The van der Waals surface area contributed by atoms with Gasteiger partial charge in [-0.1, -0.05) is 54.6 Å². The zero-order chi connectivity index (χ0) is 15.6. The normalized spacial score (nSPS) is 10.8. The maximum absolute atomic E-state index is 13.7. The van der Waals surface area contributed by atoms with Crippen molar-refractivity contribution < 1.29 is 4.39 Å². The number of benzene rings is 3. The van der Waals surface area contributed by atoms with E-state index in [1.807, 2.05) is 60.7 Å². The highest BCUT2D eigenvalue weighted by Crippen LogP contribution is 2.31. The molecule has 0 aliphatic carbocycles. The number of nitrogens with zero attached hydrogens (tertiary/aromatic N) is 2. The second-order valence-electron chi connectivity index (χ2n) is 5.29. The summed E-state index contributed by atoms with van der Waals surface area (Å²) in [5.41, 5.74) is 4.76. The number of aromatic nitrogens is 2. The van der Waals surface area contributed by atoms with Crippen LogP contribution in [0.25, 0.3) is 33.5 Å². The molecule has 3 aromatic carbocycles. The fourth-order valence-corrected chi connectivity index (χ4v) is 2.63. The zero-order valence-corrected chi connectivity index (χ0v) is 12.3. The van der Waals surface area contributed by atoms with Gasteiger partial charge in [0.25, 0.3) is 0 Å². The smallest absolute Gasteiger partial charge is 0.123 e. The summed E-state index contributed by atoms with van der Waals surface area (Å²) in [5, 5.41) is 0. The minimum atomic E-state index is -0.281. The molecule has 110 valence electrons. The number of hydrogen-bond acceptors (Lipinski definition) is 2. The van der Waals surface area contributed by atoms with Crippen LogP contribution in [0.1, 0.15) is 0 Å². The maximum atomic E-state index is 13.7. The first-order valence-electron chi connectivity index (χ1n) is 7.39. The molecule has 0 N–H and O–H groups in total. The van der Waals surface area contributed by atoms with Gasteiger partial charge < -0.3 is 0 Å². The van der Waals surface area contributed by atoms with Crippen molar-refractivity contribution in [1.82, 2.24) is 9.97 Å². The monoisotopic (exact) mass is 300 g/mol. The third-order valence-corrected chi connectivity index (χ3v) is 3.72. The zero-order valence-electron chi connectivity index (χ0n) is 12.3. The van der Waals surface area contributed by atoms with Crippen LogP contribution >= 0.6 is 0 Å². The number of para-hydroxylation sites is 2. The molecule has 0 spiro atoms. The van der Waals surface area contributed by atoms with E-state index in [1.165, 1.54) is 12.1 Å². The average molecular weight is 300 g/mol. The second-order valence-corrected chi connectivity index (χ2v) is 5.29. The summed E-state index contributed by atoms with van der Waals surface area (Å²) in [6, 6.07) is 24.0. The van der Waals surface area contributed by atoms with Crippen molar-refractivity contribution in [2.75, 3.05) is 0 Å². The maximum Gasteiger partial charge on any atom is 0.123 e. The highest BCUT2D eigenvalue weighted by atomic mass is 19.1. The third-order valence-electron chi connectivity index (χ3n) is 3.72. The Balaban J connectivity index is 2.04. The van der Waals surface area contributed by atoms with E-state index in [4.69, 9.17) is 9.97 Å². The summed E-state index contributed by atoms with van der Waals surface area (Å²) in [5.74, 6) is -0.281. The molecule has 0 radical (unpaired) electrons. The van der Waals surface area contributed by atoms with Gasteiger partial charge in [-0.15, -0.1) is 0 Å². The van der Waals surface area contributed by atoms with Crippen LogP contribution in [0.4, 0.5) is 4.39 Å². The van der Waals surface area contributed by atoms with Gasteiger partial charge in [-0.3, -0.25) is 0 Å². The molecule has 0 atom stereocenters. The largest absolute Gasteiger partial charge is 0.244 e. The number of fused-ring (bicyclic) bond motifs is 1. The molecule has 0 unspecified atom stereocenters.